The van der Waals surface area contributed by atoms with Gasteiger partial charge in [0, 0.05) is 25.0 Å². The molecule has 2 aromatic rings. The normalized spacial score (nSPS) is 15.2. The lowest BCUT2D eigenvalue weighted by Crippen LogP contribution is -2.35. The number of hydrogen-bond acceptors (Lipinski definition) is 5. The standard InChI is InChI=1S/C20H25N3O4S/c1-3-27-19-10-9-17(28(25,26)23-11-5-4-6-12-23)13-18(19)22-20(24)16-8-7-15(2)21-14-16/h7-10,13-14H,3-6,11-12H2,1-2H3,(H,22,24). The van der Waals surface area contributed by atoms with Crippen molar-refractivity contribution in [3.63, 3.8) is 0 Å². The van der Waals surface area contributed by atoms with Gasteiger partial charge >= 0.3 is 0 Å². The summed E-state index contributed by atoms with van der Waals surface area (Å²) in [7, 11) is -3.61. The zero-order valence-corrected chi connectivity index (χ0v) is 17.0. The second-order valence-electron chi connectivity index (χ2n) is 6.70. The van der Waals surface area contributed by atoms with Crippen LogP contribution < -0.4 is 10.1 Å². The molecule has 2 heterocycles. The first-order valence-electron chi connectivity index (χ1n) is 9.43. The Morgan fingerprint density at radius 2 is 1.93 bits per heavy atom. The van der Waals surface area contributed by atoms with Gasteiger partial charge in [-0.3, -0.25) is 9.78 Å². The summed E-state index contributed by atoms with van der Waals surface area (Å²) in [5.74, 6) is 0.0505. The van der Waals surface area contributed by atoms with Crippen molar-refractivity contribution >= 4 is 21.6 Å². The molecular formula is C20H25N3O4S. The Kier molecular flexibility index (Phi) is 6.31. The molecule has 1 aromatic carbocycles. The number of anilines is 1. The smallest absolute Gasteiger partial charge is 0.257 e. The average Bonchev–Trinajstić information content (AvgIpc) is 2.70. The molecule has 1 aromatic heterocycles. The molecular weight excluding hydrogens is 378 g/mol. The molecule has 0 radical (unpaired) electrons. The Morgan fingerprint density at radius 1 is 1.18 bits per heavy atom. The van der Waals surface area contributed by atoms with Gasteiger partial charge in [-0.15, -0.1) is 0 Å². The minimum atomic E-state index is -3.61. The zero-order valence-electron chi connectivity index (χ0n) is 16.1. The van der Waals surface area contributed by atoms with E-state index in [1.807, 2.05) is 13.8 Å². The molecule has 150 valence electrons. The number of aromatic nitrogens is 1. The summed E-state index contributed by atoms with van der Waals surface area (Å²) < 4.78 is 33.0. The number of carbonyl (C=O) groups excluding carboxylic acids is 1. The number of amides is 1. The third-order valence-corrected chi connectivity index (χ3v) is 6.52. The Hall–Kier alpha value is -2.45. The predicted octanol–water partition coefficient (Wildman–Crippen LogP) is 3.22. The van der Waals surface area contributed by atoms with Crippen LogP contribution in [0.4, 0.5) is 5.69 Å². The number of aryl methyl sites for hydroxylation is 1. The maximum absolute atomic E-state index is 13.0. The predicted molar refractivity (Wildman–Crippen MR) is 107 cm³/mol. The van der Waals surface area contributed by atoms with Gasteiger partial charge in [0.2, 0.25) is 10.0 Å². The largest absolute Gasteiger partial charge is 0.492 e. The number of nitrogens with one attached hydrogen (secondary N) is 1. The molecule has 0 aliphatic carbocycles. The van der Waals surface area contributed by atoms with E-state index in [1.165, 1.54) is 22.6 Å². The first-order valence-corrected chi connectivity index (χ1v) is 10.9. The fourth-order valence-electron chi connectivity index (χ4n) is 3.10. The molecule has 1 N–H and O–H groups in total. The number of hydrogen-bond donors (Lipinski definition) is 1. The SMILES string of the molecule is CCOc1ccc(S(=O)(=O)N2CCCCC2)cc1NC(=O)c1ccc(C)nc1. The van der Waals surface area contributed by atoms with Crippen LogP contribution in [-0.4, -0.2) is 43.3 Å². The minimum absolute atomic E-state index is 0.148. The monoisotopic (exact) mass is 403 g/mol. The van der Waals surface area contributed by atoms with Crippen molar-refractivity contribution in [3.05, 3.63) is 47.8 Å². The van der Waals surface area contributed by atoms with Crippen molar-refractivity contribution in [2.75, 3.05) is 25.0 Å². The van der Waals surface area contributed by atoms with Crippen molar-refractivity contribution in [1.82, 2.24) is 9.29 Å². The van der Waals surface area contributed by atoms with Gasteiger partial charge in [0.05, 0.1) is 22.8 Å². The van der Waals surface area contributed by atoms with Crippen molar-refractivity contribution < 1.29 is 17.9 Å². The molecule has 3 rings (SSSR count). The highest BCUT2D eigenvalue weighted by Crippen LogP contribution is 2.30. The first-order chi connectivity index (χ1) is 13.4. The highest BCUT2D eigenvalue weighted by Gasteiger charge is 2.27. The van der Waals surface area contributed by atoms with Crippen LogP contribution in [0.15, 0.2) is 41.4 Å². The molecule has 0 saturated carbocycles. The molecule has 0 spiro atoms. The van der Waals surface area contributed by atoms with E-state index in [2.05, 4.69) is 10.3 Å². The summed E-state index contributed by atoms with van der Waals surface area (Å²) >= 11 is 0. The second kappa shape index (κ2) is 8.70. The van der Waals surface area contributed by atoms with E-state index in [0.717, 1.165) is 25.0 Å². The van der Waals surface area contributed by atoms with Crippen LogP contribution in [0.5, 0.6) is 5.75 Å². The van der Waals surface area contributed by atoms with Crippen LogP contribution in [-0.2, 0) is 10.0 Å². The highest BCUT2D eigenvalue weighted by atomic mass is 32.2. The highest BCUT2D eigenvalue weighted by molar-refractivity contribution is 7.89. The van der Waals surface area contributed by atoms with Gasteiger partial charge in [-0.25, -0.2) is 8.42 Å². The van der Waals surface area contributed by atoms with E-state index in [9.17, 15) is 13.2 Å². The molecule has 0 atom stereocenters. The number of sulfonamides is 1. The number of piperidine rings is 1. The minimum Gasteiger partial charge on any atom is -0.492 e. The van der Waals surface area contributed by atoms with Crippen LogP contribution in [0.2, 0.25) is 0 Å². The number of ether oxygens (including phenoxy) is 1. The van der Waals surface area contributed by atoms with Gasteiger partial charge in [-0.2, -0.15) is 4.31 Å². The van der Waals surface area contributed by atoms with Crippen LogP contribution in [0, 0.1) is 6.92 Å². The summed E-state index contributed by atoms with van der Waals surface area (Å²) in [6.45, 7) is 5.10. The summed E-state index contributed by atoms with van der Waals surface area (Å²) in [5, 5.41) is 2.76. The number of pyridine rings is 1. The molecule has 1 aliphatic heterocycles. The number of benzene rings is 1. The molecule has 0 unspecified atom stereocenters. The first kappa shape index (κ1) is 20.3. The Morgan fingerprint density at radius 3 is 2.57 bits per heavy atom. The fourth-order valence-corrected chi connectivity index (χ4v) is 4.64. The quantitative estimate of drug-likeness (QED) is 0.800. The van der Waals surface area contributed by atoms with Gasteiger partial charge in [0.1, 0.15) is 5.75 Å². The Labute approximate surface area is 165 Å². The fraction of sp³-hybridized carbons (Fsp3) is 0.400. The topological polar surface area (TPSA) is 88.6 Å². The Balaban J connectivity index is 1.91. The molecule has 8 heteroatoms. The van der Waals surface area contributed by atoms with Gasteiger partial charge in [0.15, 0.2) is 0 Å². The van der Waals surface area contributed by atoms with Crippen molar-refractivity contribution in [2.45, 2.75) is 38.0 Å². The number of carbonyl (C=O) groups is 1. The van der Waals surface area contributed by atoms with E-state index in [1.54, 1.807) is 18.2 Å². The van der Waals surface area contributed by atoms with Crippen LogP contribution in [0.3, 0.4) is 0 Å². The van der Waals surface area contributed by atoms with E-state index < -0.39 is 10.0 Å². The summed E-state index contributed by atoms with van der Waals surface area (Å²) in [6, 6.07) is 8.00. The van der Waals surface area contributed by atoms with Gasteiger partial charge < -0.3 is 10.1 Å². The molecule has 7 nitrogen and oxygen atoms in total. The van der Waals surface area contributed by atoms with E-state index in [0.29, 0.717) is 36.7 Å². The third-order valence-electron chi connectivity index (χ3n) is 4.63. The zero-order chi connectivity index (χ0) is 20.1. The van der Waals surface area contributed by atoms with E-state index >= 15 is 0 Å². The summed E-state index contributed by atoms with van der Waals surface area (Å²) in [6.07, 6.45) is 4.25. The molecule has 1 fully saturated rings. The van der Waals surface area contributed by atoms with E-state index in [-0.39, 0.29) is 10.8 Å². The third kappa shape index (κ3) is 4.51. The second-order valence-corrected chi connectivity index (χ2v) is 8.64. The lowest BCUT2D eigenvalue weighted by atomic mass is 10.2. The van der Waals surface area contributed by atoms with Gasteiger partial charge in [0.25, 0.3) is 5.91 Å². The van der Waals surface area contributed by atoms with Gasteiger partial charge in [-0.05, 0) is 57.0 Å². The van der Waals surface area contributed by atoms with Crippen molar-refractivity contribution in [3.8, 4) is 5.75 Å². The van der Waals surface area contributed by atoms with Crippen LogP contribution in [0.1, 0.15) is 42.2 Å². The molecule has 28 heavy (non-hydrogen) atoms. The van der Waals surface area contributed by atoms with Crippen LogP contribution in [0.25, 0.3) is 0 Å². The average molecular weight is 404 g/mol. The Bertz CT molecular complexity index is 936. The van der Waals surface area contributed by atoms with Crippen LogP contribution >= 0.6 is 0 Å². The summed E-state index contributed by atoms with van der Waals surface area (Å²) in [4.78, 5) is 16.9. The lowest BCUT2D eigenvalue weighted by Gasteiger charge is -2.26. The van der Waals surface area contributed by atoms with Crippen molar-refractivity contribution in [1.29, 1.82) is 0 Å². The lowest BCUT2D eigenvalue weighted by molar-refractivity contribution is 0.102. The molecule has 1 aliphatic rings. The maximum Gasteiger partial charge on any atom is 0.257 e. The number of rotatable bonds is 6. The number of nitrogens with zero attached hydrogens (tertiary/aromatic N) is 2. The molecule has 1 saturated heterocycles. The molecule has 1 amide bonds. The molecule has 0 bridgehead atoms. The van der Waals surface area contributed by atoms with Crippen molar-refractivity contribution in [2.24, 2.45) is 0 Å². The maximum atomic E-state index is 13.0. The van der Waals surface area contributed by atoms with Gasteiger partial charge in [-0.1, -0.05) is 6.42 Å². The van der Waals surface area contributed by atoms with E-state index in [4.69, 9.17) is 4.74 Å². The summed E-state index contributed by atoms with van der Waals surface area (Å²) in [5.41, 5.74) is 1.52.